The molecule has 0 saturated heterocycles. The second-order valence-corrected chi connectivity index (χ2v) is 7.07. The van der Waals surface area contributed by atoms with Crippen molar-refractivity contribution in [1.29, 1.82) is 0 Å². The summed E-state index contributed by atoms with van der Waals surface area (Å²) in [5.41, 5.74) is 2.82. The fraction of sp³-hybridized carbons (Fsp3) is 0.444. The van der Waals surface area contributed by atoms with Crippen molar-refractivity contribution < 1.29 is 0 Å². The van der Waals surface area contributed by atoms with Crippen LogP contribution in [0.5, 0.6) is 0 Å². The Balaban J connectivity index is 1.47. The molecule has 1 fully saturated rings. The minimum atomic E-state index is 0.780. The third kappa shape index (κ3) is 4.95. The Hall–Kier alpha value is -1.16. The van der Waals surface area contributed by atoms with Gasteiger partial charge >= 0.3 is 0 Å². The minimum absolute atomic E-state index is 0.780. The Kier molecular flexibility index (Phi) is 5.07. The van der Waals surface area contributed by atoms with E-state index >= 15 is 0 Å². The summed E-state index contributed by atoms with van der Waals surface area (Å²) in [5, 5.41) is 5.74. The molecule has 1 aromatic carbocycles. The smallest absolute Gasteiger partial charge is 0.0230 e. The van der Waals surface area contributed by atoms with Gasteiger partial charge in [-0.1, -0.05) is 30.3 Å². The second-order valence-electron chi connectivity index (χ2n) is 6.04. The van der Waals surface area contributed by atoms with Crippen molar-refractivity contribution in [2.75, 3.05) is 13.6 Å². The van der Waals surface area contributed by atoms with Crippen LogP contribution in [0.2, 0.25) is 0 Å². The Morgan fingerprint density at radius 2 is 2.05 bits per heavy atom. The minimum Gasteiger partial charge on any atom is -0.310 e. The second kappa shape index (κ2) is 7.21. The largest absolute Gasteiger partial charge is 0.310 e. The van der Waals surface area contributed by atoms with Crippen molar-refractivity contribution in [3.05, 3.63) is 57.8 Å². The van der Waals surface area contributed by atoms with Gasteiger partial charge in [-0.05, 0) is 48.9 Å². The van der Waals surface area contributed by atoms with Crippen molar-refractivity contribution in [2.45, 2.75) is 38.4 Å². The predicted octanol–water partition coefficient (Wildman–Crippen LogP) is 3.67. The van der Waals surface area contributed by atoms with Crippen molar-refractivity contribution >= 4 is 11.3 Å². The van der Waals surface area contributed by atoms with Crippen LogP contribution in [0.4, 0.5) is 0 Å². The zero-order valence-electron chi connectivity index (χ0n) is 12.7. The van der Waals surface area contributed by atoms with Gasteiger partial charge in [0, 0.05) is 30.6 Å². The van der Waals surface area contributed by atoms with E-state index in [1.807, 2.05) is 11.3 Å². The fourth-order valence-corrected chi connectivity index (χ4v) is 3.23. The van der Waals surface area contributed by atoms with Gasteiger partial charge in [0.2, 0.25) is 0 Å². The molecule has 3 heteroatoms. The molecule has 1 aromatic heterocycles. The first-order valence-corrected chi connectivity index (χ1v) is 8.70. The zero-order chi connectivity index (χ0) is 14.5. The van der Waals surface area contributed by atoms with E-state index in [2.05, 4.69) is 59.0 Å². The van der Waals surface area contributed by atoms with Gasteiger partial charge in [0.05, 0.1) is 0 Å². The van der Waals surface area contributed by atoms with Gasteiger partial charge in [0.15, 0.2) is 0 Å². The molecule has 1 saturated carbocycles. The third-order valence-corrected chi connectivity index (χ3v) is 4.87. The molecule has 1 N–H and O–H groups in total. The third-order valence-electron chi connectivity index (χ3n) is 3.94. The fourth-order valence-electron chi connectivity index (χ4n) is 2.53. The molecule has 0 bridgehead atoms. The van der Waals surface area contributed by atoms with Gasteiger partial charge in [-0.3, -0.25) is 0 Å². The monoisotopic (exact) mass is 300 g/mol. The molecular formula is C18H24N2S. The summed E-state index contributed by atoms with van der Waals surface area (Å²) in [5.74, 6) is 0. The highest BCUT2D eigenvalue weighted by Gasteiger charge is 2.19. The van der Waals surface area contributed by atoms with E-state index in [0.717, 1.165) is 32.1 Å². The standard InChI is InChI=1S/C18H24N2S/c1-20(10-9-18-6-3-11-21-18)14-16-5-2-4-15(12-16)13-19-17-7-8-17/h2-6,11-12,17,19H,7-10,13-14H2,1H3. The molecule has 3 rings (SSSR count). The van der Waals surface area contributed by atoms with Crippen LogP contribution >= 0.6 is 11.3 Å². The molecule has 0 radical (unpaired) electrons. The summed E-state index contributed by atoms with van der Waals surface area (Å²) in [7, 11) is 2.21. The molecule has 112 valence electrons. The maximum absolute atomic E-state index is 3.58. The highest BCUT2D eigenvalue weighted by molar-refractivity contribution is 7.09. The lowest BCUT2D eigenvalue weighted by Crippen LogP contribution is -2.21. The van der Waals surface area contributed by atoms with E-state index in [4.69, 9.17) is 0 Å². The number of nitrogens with zero attached hydrogens (tertiary/aromatic N) is 1. The summed E-state index contributed by atoms with van der Waals surface area (Å²) < 4.78 is 0. The van der Waals surface area contributed by atoms with E-state index < -0.39 is 0 Å². The highest BCUT2D eigenvalue weighted by atomic mass is 32.1. The van der Waals surface area contributed by atoms with Gasteiger partial charge in [-0.25, -0.2) is 0 Å². The zero-order valence-corrected chi connectivity index (χ0v) is 13.5. The SMILES string of the molecule is CN(CCc1cccs1)Cc1cccc(CNC2CC2)c1. The van der Waals surface area contributed by atoms with Crippen molar-refractivity contribution in [2.24, 2.45) is 0 Å². The summed E-state index contributed by atoms with van der Waals surface area (Å²) >= 11 is 1.85. The lowest BCUT2D eigenvalue weighted by Gasteiger charge is -2.17. The Morgan fingerprint density at radius 3 is 2.81 bits per heavy atom. The molecule has 0 unspecified atom stereocenters. The average Bonchev–Trinajstić information content (AvgIpc) is 3.17. The van der Waals surface area contributed by atoms with Crippen LogP contribution < -0.4 is 5.32 Å². The lowest BCUT2D eigenvalue weighted by molar-refractivity contribution is 0.332. The first-order chi connectivity index (χ1) is 10.3. The van der Waals surface area contributed by atoms with Crippen LogP contribution in [0.25, 0.3) is 0 Å². The van der Waals surface area contributed by atoms with E-state index in [1.54, 1.807) is 0 Å². The normalized spacial score (nSPS) is 14.8. The summed E-state index contributed by atoms with van der Waals surface area (Å²) in [6, 6.07) is 14.1. The molecule has 1 heterocycles. The lowest BCUT2D eigenvalue weighted by atomic mass is 10.1. The first-order valence-electron chi connectivity index (χ1n) is 7.82. The number of likely N-dealkylation sites (N-methyl/N-ethyl adjacent to an activating group) is 1. The molecule has 0 aliphatic heterocycles. The van der Waals surface area contributed by atoms with Crippen molar-refractivity contribution in [3.8, 4) is 0 Å². The highest BCUT2D eigenvalue weighted by Crippen LogP contribution is 2.19. The number of rotatable bonds is 8. The van der Waals surface area contributed by atoms with Crippen LogP contribution in [0.3, 0.4) is 0 Å². The maximum atomic E-state index is 3.58. The van der Waals surface area contributed by atoms with E-state index in [-0.39, 0.29) is 0 Å². The van der Waals surface area contributed by atoms with Crippen LogP contribution in [0, 0.1) is 0 Å². The Morgan fingerprint density at radius 1 is 1.19 bits per heavy atom. The van der Waals surface area contributed by atoms with Crippen molar-refractivity contribution in [1.82, 2.24) is 10.2 Å². The summed E-state index contributed by atoms with van der Waals surface area (Å²) in [6.45, 7) is 3.16. The molecule has 2 aromatic rings. The molecule has 0 amide bonds. The van der Waals surface area contributed by atoms with Gasteiger partial charge < -0.3 is 10.2 Å². The molecule has 1 aliphatic rings. The maximum Gasteiger partial charge on any atom is 0.0230 e. The average molecular weight is 300 g/mol. The Bertz CT molecular complexity index is 546. The summed E-state index contributed by atoms with van der Waals surface area (Å²) in [6.07, 6.45) is 3.85. The number of benzene rings is 1. The summed E-state index contributed by atoms with van der Waals surface area (Å²) in [4.78, 5) is 3.89. The molecular weight excluding hydrogens is 276 g/mol. The molecule has 2 nitrogen and oxygen atoms in total. The quantitative estimate of drug-likeness (QED) is 0.800. The van der Waals surface area contributed by atoms with Crippen LogP contribution in [0.1, 0.15) is 28.8 Å². The number of nitrogens with one attached hydrogen (secondary N) is 1. The topological polar surface area (TPSA) is 15.3 Å². The number of hydrogen-bond donors (Lipinski definition) is 1. The van der Waals surface area contributed by atoms with E-state index in [0.29, 0.717) is 0 Å². The van der Waals surface area contributed by atoms with Crippen molar-refractivity contribution in [3.63, 3.8) is 0 Å². The van der Waals surface area contributed by atoms with E-state index in [1.165, 1.54) is 28.8 Å². The first kappa shape index (κ1) is 14.8. The van der Waals surface area contributed by atoms with Crippen LogP contribution in [-0.2, 0) is 19.5 Å². The van der Waals surface area contributed by atoms with Gasteiger partial charge in [0.25, 0.3) is 0 Å². The molecule has 0 spiro atoms. The van der Waals surface area contributed by atoms with Gasteiger partial charge in [-0.15, -0.1) is 11.3 Å². The number of hydrogen-bond acceptors (Lipinski definition) is 3. The predicted molar refractivity (Wildman–Crippen MR) is 90.7 cm³/mol. The van der Waals surface area contributed by atoms with Crippen LogP contribution in [-0.4, -0.2) is 24.5 Å². The van der Waals surface area contributed by atoms with Gasteiger partial charge in [0.1, 0.15) is 0 Å². The Labute approximate surface area is 131 Å². The number of thiophene rings is 1. The molecule has 21 heavy (non-hydrogen) atoms. The van der Waals surface area contributed by atoms with Crippen LogP contribution in [0.15, 0.2) is 41.8 Å². The van der Waals surface area contributed by atoms with E-state index in [9.17, 15) is 0 Å². The van der Waals surface area contributed by atoms with Gasteiger partial charge in [-0.2, -0.15) is 0 Å². The molecule has 1 aliphatic carbocycles. The molecule has 0 atom stereocenters.